The first-order valence-corrected chi connectivity index (χ1v) is 8.00. The molecule has 2 N–H and O–H groups in total. The highest BCUT2D eigenvalue weighted by Crippen LogP contribution is 2.36. The summed E-state index contributed by atoms with van der Waals surface area (Å²) in [6.07, 6.45) is 7.22. The van der Waals surface area contributed by atoms with Gasteiger partial charge >= 0.3 is 0 Å². The fourth-order valence-electron chi connectivity index (χ4n) is 4.01. The summed E-state index contributed by atoms with van der Waals surface area (Å²) in [5.41, 5.74) is 0.0506. The molecule has 3 rings (SSSR count). The van der Waals surface area contributed by atoms with Crippen molar-refractivity contribution >= 4 is 11.8 Å². The van der Waals surface area contributed by atoms with Crippen molar-refractivity contribution < 1.29 is 9.59 Å². The molecule has 5 heteroatoms. The van der Waals surface area contributed by atoms with Crippen LogP contribution in [0.4, 0.5) is 0 Å². The number of nitrogens with zero attached hydrogens (tertiary/aromatic N) is 1. The number of carbonyl (C=O) groups is 2. The van der Waals surface area contributed by atoms with E-state index < -0.39 is 0 Å². The van der Waals surface area contributed by atoms with Crippen LogP contribution in [0.1, 0.15) is 44.9 Å². The van der Waals surface area contributed by atoms with E-state index in [-0.39, 0.29) is 23.3 Å². The van der Waals surface area contributed by atoms with E-state index in [0.717, 1.165) is 32.5 Å². The average molecular weight is 279 g/mol. The lowest BCUT2D eigenvalue weighted by Gasteiger charge is -2.51. The van der Waals surface area contributed by atoms with Crippen LogP contribution in [0.15, 0.2) is 0 Å². The van der Waals surface area contributed by atoms with E-state index in [0.29, 0.717) is 19.4 Å². The number of hydrogen-bond acceptors (Lipinski definition) is 3. The molecule has 3 aliphatic rings. The van der Waals surface area contributed by atoms with Crippen LogP contribution in [0.2, 0.25) is 0 Å². The van der Waals surface area contributed by atoms with Crippen LogP contribution in [0.5, 0.6) is 0 Å². The minimum atomic E-state index is -0.00963. The number of carbonyl (C=O) groups excluding carboxylic acids is 2. The third-order valence-electron chi connectivity index (χ3n) is 5.20. The van der Waals surface area contributed by atoms with Gasteiger partial charge in [-0.3, -0.25) is 9.59 Å². The van der Waals surface area contributed by atoms with Gasteiger partial charge in [0.2, 0.25) is 11.8 Å². The van der Waals surface area contributed by atoms with Crippen LogP contribution in [0.25, 0.3) is 0 Å². The Labute approximate surface area is 120 Å². The maximum Gasteiger partial charge on any atom is 0.228 e. The lowest BCUT2D eigenvalue weighted by Crippen LogP contribution is -2.65. The van der Waals surface area contributed by atoms with E-state index in [9.17, 15) is 9.59 Å². The minimum Gasteiger partial charge on any atom is -0.355 e. The lowest BCUT2D eigenvalue weighted by molar-refractivity contribution is -0.146. The summed E-state index contributed by atoms with van der Waals surface area (Å²) in [6.45, 7) is 3.19. The molecule has 0 aromatic rings. The summed E-state index contributed by atoms with van der Waals surface area (Å²) < 4.78 is 0. The molecule has 0 aromatic heterocycles. The predicted octanol–water partition coefficient (Wildman–Crippen LogP) is 0.647. The summed E-state index contributed by atoms with van der Waals surface area (Å²) in [6, 6.07) is 0. The van der Waals surface area contributed by atoms with Crippen molar-refractivity contribution in [2.75, 3.05) is 26.2 Å². The fraction of sp³-hybridized carbons (Fsp3) is 0.867. The molecule has 2 heterocycles. The number of rotatable bonds is 1. The molecule has 2 amide bonds. The summed E-state index contributed by atoms with van der Waals surface area (Å²) in [7, 11) is 0. The second kappa shape index (κ2) is 5.72. The highest BCUT2D eigenvalue weighted by molar-refractivity contribution is 5.84. The first kappa shape index (κ1) is 13.9. The van der Waals surface area contributed by atoms with Gasteiger partial charge in [0.1, 0.15) is 0 Å². The molecule has 0 aromatic carbocycles. The van der Waals surface area contributed by atoms with Crippen LogP contribution in [0.3, 0.4) is 0 Å². The van der Waals surface area contributed by atoms with E-state index >= 15 is 0 Å². The number of nitrogens with one attached hydrogen (secondary N) is 2. The zero-order valence-electron chi connectivity index (χ0n) is 12.1. The van der Waals surface area contributed by atoms with Crippen molar-refractivity contribution in [3.8, 4) is 0 Å². The average Bonchev–Trinajstić information content (AvgIpc) is 2.49. The summed E-state index contributed by atoms with van der Waals surface area (Å²) in [5, 5.41) is 6.32. The molecule has 20 heavy (non-hydrogen) atoms. The smallest absolute Gasteiger partial charge is 0.228 e. The van der Waals surface area contributed by atoms with Gasteiger partial charge < -0.3 is 15.5 Å². The number of piperidine rings is 1. The molecule has 112 valence electrons. The van der Waals surface area contributed by atoms with Crippen LogP contribution >= 0.6 is 0 Å². The van der Waals surface area contributed by atoms with Gasteiger partial charge in [-0.05, 0) is 19.3 Å². The molecule has 0 bridgehead atoms. The van der Waals surface area contributed by atoms with Gasteiger partial charge in [-0.1, -0.05) is 19.3 Å². The molecule has 2 saturated heterocycles. The maximum absolute atomic E-state index is 12.9. The number of amides is 2. The molecule has 1 aliphatic carbocycles. The Kier molecular flexibility index (Phi) is 3.96. The lowest BCUT2D eigenvalue weighted by atomic mass is 9.78. The van der Waals surface area contributed by atoms with E-state index in [1.165, 1.54) is 19.3 Å². The molecule has 1 spiro atoms. The molecule has 5 nitrogen and oxygen atoms in total. The molecule has 3 fully saturated rings. The van der Waals surface area contributed by atoms with Gasteiger partial charge in [0.15, 0.2) is 0 Å². The van der Waals surface area contributed by atoms with Crippen LogP contribution < -0.4 is 10.6 Å². The third kappa shape index (κ3) is 2.55. The monoisotopic (exact) mass is 279 g/mol. The Morgan fingerprint density at radius 1 is 1.25 bits per heavy atom. The second-order valence-corrected chi connectivity index (χ2v) is 6.49. The van der Waals surface area contributed by atoms with Gasteiger partial charge in [-0.15, -0.1) is 0 Å². The van der Waals surface area contributed by atoms with E-state index in [2.05, 4.69) is 15.5 Å². The summed E-state index contributed by atoms with van der Waals surface area (Å²) in [5.74, 6) is 0.347. The highest BCUT2D eigenvalue weighted by atomic mass is 16.2. The Balaban J connectivity index is 1.72. The van der Waals surface area contributed by atoms with Crippen molar-refractivity contribution in [3.05, 3.63) is 0 Å². The Bertz CT molecular complexity index is 372. The molecular formula is C15H25N3O2. The largest absolute Gasteiger partial charge is 0.355 e. The number of piperazine rings is 1. The van der Waals surface area contributed by atoms with Gasteiger partial charge in [0.25, 0.3) is 0 Å². The SMILES string of the molecule is O=C1CCC(C(=O)N2CCNCC23CCCCC3)CN1. The van der Waals surface area contributed by atoms with Gasteiger partial charge in [0, 0.05) is 32.6 Å². The van der Waals surface area contributed by atoms with Crippen molar-refractivity contribution in [2.45, 2.75) is 50.5 Å². The van der Waals surface area contributed by atoms with E-state index in [4.69, 9.17) is 0 Å². The Hall–Kier alpha value is -1.10. The Morgan fingerprint density at radius 3 is 2.75 bits per heavy atom. The van der Waals surface area contributed by atoms with Crippen LogP contribution in [0, 0.1) is 5.92 Å². The standard InChI is InChI=1S/C15H25N3O2/c19-13-5-4-12(10-17-13)14(20)18-9-8-16-11-15(18)6-2-1-3-7-15/h12,16H,1-11H2,(H,17,19). The molecular weight excluding hydrogens is 254 g/mol. The van der Waals surface area contributed by atoms with Gasteiger partial charge in [0.05, 0.1) is 11.5 Å². The first-order valence-electron chi connectivity index (χ1n) is 8.00. The predicted molar refractivity (Wildman–Crippen MR) is 76.1 cm³/mol. The maximum atomic E-state index is 12.9. The Morgan fingerprint density at radius 2 is 2.05 bits per heavy atom. The normalized spacial score (nSPS) is 30.1. The summed E-state index contributed by atoms with van der Waals surface area (Å²) >= 11 is 0. The van der Waals surface area contributed by atoms with E-state index in [1.807, 2.05) is 0 Å². The quantitative estimate of drug-likeness (QED) is 0.741. The zero-order valence-corrected chi connectivity index (χ0v) is 12.1. The van der Waals surface area contributed by atoms with Crippen molar-refractivity contribution in [1.29, 1.82) is 0 Å². The topological polar surface area (TPSA) is 61.4 Å². The van der Waals surface area contributed by atoms with Gasteiger partial charge in [-0.2, -0.15) is 0 Å². The second-order valence-electron chi connectivity index (χ2n) is 6.49. The molecule has 0 radical (unpaired) electrons. The fourth-order valence-corrected chi connectivity index (χ4v) is 4.01. The van der Waals surface area contributed by atoms with Gasteiger partial charge in [-0.25, -0.2) is 0 Å². The van der Waals surface area contributed by atoms with Crippen molar-refractivity contribution in [3.63, 3.8) is 0 Å². The zero-order chi connectivity index (χ0) is 14.0. The van der Waals surface area contributed by atoms with E-state index in [1.54, 1.807) is 0 Å². The molecule has 1 saturated carbocycles. The minimum absolute atomic E-state index is 0.00963. The molecule has 1 unspecified atom stereocenters. The van der Waals surface area contributed by atoms with Crippen molar-refractivity contribution in [1.82, 2.24) is 15.5 Å². The van der Waals surface area contributed by atoms with Crippen LogP contribution in [-0.2, 0) is 9.59 Å². The van der Waals surface area contributed by atoms with Crippen LogP contribution in [-0.4, -0.2) is 48.4 Å². The third-order valence-corrected chi connectivity index (χ3v) is 5.20. The first-order chi connectivity index (χ1) is 9.71. The van der Waals surface area contributed by atoms with Crippen molar-refractivity contribution in [2.24, 2.45) is 5.92 Å². The number of hydrogen-bond donors (Lipinski definition) is 2. The molecule has 2 aliphatic heterocycles. The summed E-state index contributed by atoms with van der Waals surface area (Å²) in [4.78, 5) is 26.3. The molecule has 1 atom stereocenters. The highest BCUT2D eigenvalue weighted by Gasteiger charge is 2.44.